The smallest absolute Gasteiger partial charge is 0.197 e. The first-order chi connectivity index (χ1) is 6.65. The minimum atomic E-state index is 0.00259. The molecule has 0 aliphatic rings. The summed E-state index contributed by atoms with van der Waals surface area (Å²) >= 11 is 5.85. The van der Waals surface area contributed by atoms with Gasteiger partial charge in [-0.05, 0) is 30.0 Å². The fourth-order valence-electron chi connectivity index (χ4n) is 1.74. The van der Waals surface area contributed by atoms with Gasteiger partial charge in [0.05, 0.1) is 6.26 Å². The number of nitrogens with two attached hydrogens (primary N) is 1. The summed E-state index contributed by atoms with van der Waals surface area (Å²) in [5.41, 5.74) is 6.95. The van der Waals surface area contributed by atoms with E-state index in [2.05, 4.69) is 13.8 Å². The Labute approximate surface area is 90.4 Å². The number of rotatable bonds is 5. The van der Waals surface area contributed by atoms with Gasteiger partial charge in [0.1, 0.15) is 0 Å². The van der Waals surface area contributed by atoms with Gasteiger partial charge in [-0.1, -0.05) is 26.7 Å². The van der Waals surface area contributed by atoms with Crippen molar-refractivity contribution in [3.8, 4) is 0 Å². The first kappa shape index (κ1) is 11.6. The first-order valence-electron chi connectivity index (χ1n) is 5.13. The lowest BCUT2D eigenvalue weighted by molar-refractivity contribution is 0.438. The summed E-state index contributed by atoms with van der Waals surface area (Å²) in [6.07, 6.45) is 4.96. The van der Waals surface area contributed by atoms with E-state index in [9.17, 15) is 0 Å². The van der Waals surface area contributed by atoms with Crippen LogP contribution in [0.2, 0.25) is 5.22 Å². The van der Waals surface area contributed by atoms with E-state index in [1.807, 2.05) is 6.07 Å². The topological polar surface area (TPSA) is 39.2 Å². The van der Waals surface area contributed by atoms with Crippen LogP contribution < -0.4 is 5.73 Å². The van der Waals surface area contributed by atoms with Gasteiger partial charge in [0.25, 0.3) is 0 Å². The third-order valence-corrected chi connectivity index (χ3v) is 2.79. The lowest BCUT2D eigenvalue weighted by Gasteiger charge is -2.15. The minimum Gasteiger partial charge on any atom is -0.453 e. The monoisotopic (exact) mass is 215 g/mol. The van der Waals surface area contributed by atoms with Crippen molar-refractivity contribution in [2.75, 3.05) is 0 Å². The van der Waals surface area contributed by atoms with Gasteiger partial charge < -0.3 is 10.2 Å². The molecule has 0 radical (unpaired) electrons. The molecule has 0 bridgehead atoms. The molecule has 1 heterocycles. The highest BCUT2D eigenvalue weighted by molar-refractivity contribution is 6.29. The molecule has 2 nitrogen and oxygen atoms in total. The third-order valence-electron chi connectivity index (χ3n) is 2.48. The van der Waals surface area contributed by atoms with Crippen LogP contribution in [0.25, 0.3) is 0 Å². The van der Waals surface area contributed by atoms with Gasteiger partial charge >= 0.3 is 0 Å². The van der Waals surface area contributed by atoms with Gasteiger partial charge in [-0.2, -0.15) is 0 Å². The van der Waals surface area contributed by atoms with Crippen LogP contribution in [0.5, 0.6) is 0 Å². The van der Waals surface area contributed by atoms with Gasteiger partial charge in [0.2, 0.25) is 0 Å². The molecule has 0 amide bonds. The molecule has 1 aromatic rings. The maximum Gasteiger partial charge on any atom is 0.197 e. The zero-order chi connectivity index (χ0) is 10.6. The van der Waals surface area contributed by atoms with E-state index in [-0.39, 0.29) is 6.04 Å². The van der Waals surface area contributed by atoms with Crippen molar-refractivity contribution in [2.45, 2.75) is 39.2 Å². The zero-order valence-electron chi connectivity index (χ0n) is 8.79. The van der Waals surface area contributed by atoms with Crippen LogP contribution in [0.4, 0.5) is 0 Å². The highest BCUT2D eigenvalue weighted by Gasteiger charge is 2.15. The molecular weight excluding hydrogens is 198 g/mol. The fraction of sp³-hybridized carbons (Fsp3) is 0.636. The largest absolute Gasteiger partial charge is 0.453 e. The maximum atomic E-state index is 6.03. The minimum absolute atomic E-state index is 0.00259. The highest BCUT2D eigenvalue weighted by Crippen LogP contribution is 2.27. The molecule has 2 N–H and O–H groups in total. The van der Waals surface area contributed by atoms with E-state index >= 15 is 0 Å². The number of furan rings is 1. The second-order valence-corrected chi connectivity index (χ2v) is 4.23. The van der Waals surface area contributed by atoms with Crippen molar-refractivity contribution in [1.82, 2.24) is 0 Å². The molecule has 3 heteroatoms. The Morgan fingerprint density at radius 3 is 2.79 bits per heavy atom. The van der Waals surface area contributed by atoms with Crippen LogP contribution in [-0.2, 0) is 0 Å². The van der Waals surface area contributed by atoms with Gasteiger partial charge in [-0.15, -0.1) is 0 Å². The fourth-order valence-corrected chi connectivity index (χ4v) is 2.00. The summed E-state index contributed by atoms with van der Waals surface area (Å²) in [7, 11) is 0. The van der Waals surface area contributed by atoms with E-state index in [1.165, 1.54) is 12.8 Å². The molecule has 0 spiro atoms. The summed E-state index contributed by atoms with van der Waals surface area (Å²) in [5.74, 6) is 0.640. The molecule has 2 unspecified atom stereocenters. The molecule has 0 saturated heterocycles. The van der Waals surface area contributed by atoms with Crippen molar-refractivity contribution in [3.63, 3.8) is 0 Å². The van der Waals surface area contributed by atoms with E-state index in [1.54, 1.807) is 6.26 Å². The summed E-state index contributed by atoms with van der Waals surface area (Å²) in [5, 5.41) is 0.432. The molecule has 1 aromatic heterocycles. The van der Waals surface area contributed by atoms with Crippen LogP contribution in [0.1, 0.15) is 44.7 Å². The first-order valence-corrected chi connectivity index (χ1v) is 5.51. The Balaban J connectivity index is 2.50. The second-order valence-electron chi connectivity index (χ2n) is 3.89. The second kappa shape index (κ2) is 5.42. The molecule has 2 atom stereocenters. The number of hydrogen-bond donors (Lipinski definition) is 1. The normalized spacial score (nSPS) is 15.4. The highest BCUT2D eigenvalue weighted by atomic mass is 35.5. The van der Waals surface area contributed by atoms with Crippen LogP contribution in [0.3, 0.4) is 0 Å². The summed E-state index contributed by atoms with van der Waals surface area (Å²) in [6, 6.07) is 1.86. The summed E-state index contributed by atoms with van der Waals surface area (Å²) < 4.78 is 5.01. The van der Waals surface area contributed by atoms with E-state index in [0.29, 0.717) is 11.1 Å². The average molecular weight is 216 g/mol. The van der Waals surface area contributed by atoms with Gasteiger partial charge in [-0.25, -0.2) is 0 Å². The van der Waals surface area contributed by atoms with Crippen molar-refractivity contribution < 1.29 is 4.42 Å². The number of halogens is 1. The van der Waals surface area contributed by atoms with Gasteiger partial charge in [-0.3, -0.25) is 0 Å². The molecule has 14 heavy (non-hydrogen) atoms. The lowest BCUT2D eigenvalue weighted by Crippen LogP contribution is -2.13. The zero-order valence-corrected chi connectivity index (χ0v) is 9.55. The van der Waals surface area contributed by atoms with E-state index in [0.717, 1.165) is 12.0 Å². The van der Waals surface area contributed by atoms with Gasteiger partial charge in [0.15, 0.2) is 5.22 Å². The third kappa shape index (κ3) is 3.03. The standard InChI is InChI=1S/C11H18ClNO/c1-3-4-8(2)7-10(13)9-5-6-14-11(9)12/h5-6,8,10H,3-4,7,13H2,1-2H3. The summed E-state index contributed by atoms with van der Waals surface area (Å²) in [6.45, 7) is 4.41. The Morgan fingerprint density at radius 2 is 2.29 bits per heavy atom. The number of hydrogen-bond acceptors (Lipinski definition) is 2. The molecule has 1 rings (SSSR count). The van der Waals surface area contributed by atoms with Crippen molar-refractivity contribution in [3.05, 3.63) is 23.1 Å². The van der Waals surface area contributed by atoms with Crippen molar-refractivity contribution in [2.24, 2.45) is 11.7 Å². The molecule has 80 valence electrons. The van der Waals surface area contributed by atoms with E-state index in [4.69, 9.17) is 21.8 Å². The molecule has 0 aliphatic carbocycles. The van der Waals surface area contributed by atoms with Crippen LogP contribution >= 0.6 is 11.6 Å². The van der Waals surface area contributed by atoms with Crippen molar-refractivity contribution in [1.29, 1.82) is 0 Å². The molecule has 0 fully saturated rings. The molecule has 0 aromatic carbocycles. The molecular formula is C11H18ClNO. The Bertz CT molecular complexity index is 272. The Morgan fingerprint density at radius 1 is 1.57 bits per heavy atom. The Kier molecular flexibility index (Phi) is 4.49. The van der Waals surface area contributed by atoms with Gasteiger partial charge in [0, 0.05) is 11.6 Å². The maximum absolute atomic E-state index is 6.03. The molecule has 0 aliphatic heterocycles. The van der Waals surface area contributed by atoms with Crippen LogP contribution in [0, 0.1) is 5.92 Å². The van der Waals surface area contributed by atoms with Crippen LogP contribution in [-0.4, -0.2) is 0 Å². The van der Waals surface area contributed by atoms with Crippen molar-refractivity contribution >= 4 is 11.6 Å². The average Bonchev–Trinajstić information content (AvgIpc) is 2.51. The predicted octanol–water partition coefficient (Wildman–Crippen LogP) is 3.76. The quantitative estimate of drug-likeness (QED) is 0.813. The van der Waals surface area contributed by atoms with E-state index < -0.39 is 0 Å². The Hall–Kier alpha value is -0.470. The summed E-state index contributed by atoms with van der Waals surface area (Å²) in [4.78, 5) is 0. The SMILES string of the molecule is CCCC(C)CC(N)c1ccoc1Cl. The predicted molar refractivity (Wildman–Crippen MR) is 59.3 cm³/mol. The molecule has 0 saturated carbocycles. The lowest BCUT2D eigenvalue weighted by atomic mass is 9.95. The van der Waals surface area contributed by atoms with Crippen LogP contribution in [0.15, 0.2) is 16.7 Å².